The van der Waals surface area contributed by atoms with E-state index in [9.17, 15) is 14.4 Å². The molecule has 0 saturated heterocycles. The number of carbonyl (C=O) groups is 3. The second kappa shape index (κ2) is 15.4. The second-order valence-electron chi connectivity index (χ2n) is 4.64. The van der Waals surface area contributed by atoms with Crippen LogP contribution in [0.25, 0.3) is 0 Å². The van der Waals surface area contributed by atoms with Gasteiger partial charge < -0.3 is 24.8 Å². The van der Waals surface area contributed by atoms with E-state index in [1.54, 1.807) is 0 Å². The Morgan fingerprint density at radius 3 is 1.91 bits per heavy atom. The first-order chi connectivity index (χ1) is 11.1. The quantitative estimate of drug-likeness (QED) is 0.398. The first-order valence-electron chi connectivity index (χ1n) is 7.88. The van der Waals surface area contributed by atoms with Crippen molar-refractivity contribution in [3.63, 3.8) is 0 Å². The van der Waals surface area contributed by atoms with Gasteiger partial charge in [-0.25, -0.2) is 0 Å². The first kappa shape index (κ1) is 21.5. The van der Waals surface area contributed by atoms with Crippen LogP contribution in [0.2, 0.25) is 0 Å². The van der Waals surface area contributed by atoms with Gasteiger partial charge in [0.15, 0.2) is 0 Å². The zero-order chi connectivity index (χ0) is 17.3. The molecule has 0 aliphatic heterocycles. The summed E-state index contributed by atoms with van der Waals surface area (Å²) in [5.41, 5.74) is 0. The molecule has 0 aliphatic carbocycles. The number of Topliss-reactive ketones (excluding diaryl/α,β-unsaturated/α-hetero) is 1. The van der Waals surface area contributed by atoms with Crippen LogP contribution in [0.4, 0.5) is 0 Å². The van der Waals surface area contributed by atoms with E-state index in [1.165, 1.54) is 0 Å². The monoisotopic (exact) mass is 332 g/mol. The molecule has 0 aliphatic rings. The third-order valence-corrected chi connectivity index (χ3v) is 2.73. The molecule has 0 bridgehead atoms. The fraction of sp³-hybridized carbons (Fsp3) is 0.800. The SMILES string of the molecule is CCOCC(=O)NCCOCC(=O)NCCOCCC(=O)CC. The van der Waals surface area contributed by atoms with Gasteiger partial charge in [-0.1, -0.05) is 6.92 Å². The highest BCUT2D eigenvalue weighted by molar-refractivity contribution is 5.78. The van der Waals surface area contributed by atoms with Crippen LogP contribution in [0.1, 0.15) is 26.7 Å². The molecule has 0 aromatic carbocycles. The summed E-state index contributed by atoms with van der Waals surface area (Å²) in [6.07, 6.45) is 0.923. The van der Waals surface area contributed by atoms with Gasteiger partial charge in [0.1, 0.15) is 19.0 Å². The molecule has 0 unspecified atom stereocenters. The highest BCUT2D eigenvalue weighted by atomic mass is 16.5. The van der Waals surface area contributed by atoms with E-state index in [0.29, 0.717) is 45.8 Å². The normalized spacial score (nSPS) is 10.3. The Morgan fingerprint density at radius 1 is 0.783 bits per heavy atom. The van der Waals surface area contributed by atoms with Crippen molar-refractivity contribution in [1.82, 2.24) is 10.6 Å². The van der Waals surface area contributed by atoms with Gasteiger partial charge in [0.05, 0.1) is 19.8 Å². The summed E-state index contributed by atoms with van der Waals surface area (Å²) in [6.45, 7) is 5.75. The molecule has 0 saturated carbocycles. The Kier molecular flexibility index (Phi) is 14.4. The van der Waals surface area contributed by atoms with E-state index < -0.39 is 0 Å². The van der Waals surface area contributed by atoms with Crippen LogP contribution in [-0.4, -0.2) is 70.3 Å². The largest absolute Gasteiger partial charge is 0.379 e. The maximum Gasteiger partial charge on any atom is 0.246 e. The smallest absolute Gasteiger partial charge is 0.246 e. The van der Waals surface area contributed by atoms with Gasteiger partial charge in [0, 0.05) is 32.5 Å². The minimum Gasteiger partial charge on any atom is -0.379 e. The van der Waals surface area contributed by atoms with Crippen LogP contribution in [0.15, 0.2) is 0 Å². The fourth-order valence-electron chi connectivity index (χ4n) is 1.45. The lowest BCUT2D eigenvalue weighted by molar-refractivity contribution is -0.127. The van der Waals surface area contributed by atoms with Crippen molar-refractivity contribution in [3.05, 3.63) is 0 Å². The van der Waals surface area contributed by atoms with Crippen LogP contribution in [0, 0.1) is 0 Å². The maximum absolute atomic E-state index is 11.4. The summed E-state index contributed by atoms with van der Waals surface area (Å²) in [7, 11) is 0. The first-order valence-corrected chi connectivity index (χ1v) is 7.88. The van der Waals surface area contributed by atoms with Gasteiger partial charge in [-0.2, -0.15) is 0 Å². The summed E-state index contributed by atoms with van der Waals surface area (Å²) in [5.74, 6) is -0.298. The van der Waals surface area contributed by atoms with Gasteiger partial charge in [0.2, 0.25) is 11.8 Å². The van der Waals surface area contributed by atoms with E-state index >= 15 is 0 Å². The number of hydrogen-bond acceptors (Lipinski definition) is 6. The molecule has 0 spiro atoms. The Labute approximate surface area is 137 Å². The van der Waals surface area contributed by atoms with Crippen molar-refractivity contribution >= 4 is 17.6 Å². The third-order valence-electron chi connectivity index (χ3n) is 2.73. The van der Waals surface area contributed by atoms with E-state index in [1.807, 2.05) is 13.8 Å². The van der Waals surface area contributed by atoms with Gasteiger partial charge in [-0.3, -0.25) is 14.4 Å². The number of ether oxygens (including phenoxy) is 3. The standard InChI is InChI=1S/C15H28N2O6/c1-3-13(18)5-8-22-9-6-16-15(20)12-23-10-7-17-14(19)11-21-4-2/h3-12H2,1-2H3,(H,16,20)(H,17,19). The van der Waals surface area contributed by atoms with Gasteiger partial charge in [-0.15, -0.1) is 0 Å². The predicted octanol–water partition coefficient (Wildman–Crippen LogP) is -0.342. The van der Waals surface area contributed by atoms with Gasteiger partial charge in [-0.05, 0) is 6.92 Å². The average Bonchev–Trinajstić information content (AvgIpc) is 2.55. The van der Waals surface area contributed by atoms with Gasteiger partial charge in [0.25, 0.3) is 0 Å². The Hall–Kier alpha value is -1.51. The van der Waals surface area contributed by atoms with Crippen molar-refractivity contribution in [2.45, 2.75) is 26.7 Å². The van der Waals surface area contributed by atoms with Gasteiger partial charge >= 0.3 is 0 Å². The summed E-state index contributed by atoms with van der Waals surface area (Å²) >= 11 is 0. The van der Waals surface area contributed by atoms with E-state index in [2.05, 4.69) is 10.6 Å². The van der Waals surface area contributed by atoms with Crippen molar-refractivity contribution in [1.29, 1.82) is 0 Å². The molecule has 0 heterocycles. The molecule has 23 heavy (non-hydrogen) atoms. The molecule has 0 rings (SSSR count). The maximum atomic E-state index is 11.4. The molecule has 2 amide bonds. The van der Waals surface area contributed by atoms with Crippen LogP contribution in [0.3, 0.4) is 0 Å². The predicted molar refractivity (Wildman–Crippen MR) is 84.1 cm³/mol. The molecule has 8 nitrogen and oxygen atoms in total. The minimum absolute atomic E-state index is 0.0286. The molecule has 2 N–H and O–H groups in total. The van der Waals surface area contributed by atoms with Crippen molar-refractivity contribution < 1.29 is 28.6 Å². The summed E-state index contributed by atoms with van der Waals surface area (Å²) < 4.78 is 15.3. The van der Waals surface area contributed by atoms with Crippen molar-refractivity contribution in [2.75, 3.05) is 52.7 Å². The lowest BCUT2D eigenvalue weighted by Gasteiger charge is -2.08. The highest BCUT2D eigenvalue weighted by Gasteiger charge is 2.03. The molecular formula is C15H28N2O6. The minimum atomic E-state index is -0.251. The summed E-state index contributed by atoms with van der Waals surface area (Å²) in [5, 5.41) is 5.23. The fourth-order valence-corrected chi connectivity index (χ4v) is 1.45. The van der Waals surface area contributed by atoms with Crippen molar-refractivity contribution in [3.8, 4) is 0 Å². The summed E-state index contributed by atoms with van der Waals surface area (Å²) in [4.78, 5) is 33.6. The molecule has 0 fully saturated rings. The van der Waals surface area contributed by atoms with E-state index in [0.717, 1.165) is 0 Å². The van der Waals surface area contributed by atoms with Crippen LogP contribution < -0.4 is 10.6 Å². The molecular weight excluding hydrogens is 304 g/mol. The van der Waals surface area contributed by atoms with E-state index in [-0.39, 0.29) is 37.4 Å². The summed E-state index contributed by atoms with van der Waals surface area (Å²) in [6, 6.07) is 0. The lowest BCUT2D eigenvalue weighted by Crippen LogP contribution is -2.33. The van der Waals surface area contributed by atoms with Crippen LogP contribution in [-0.2, 0) is 28.6 Å². The number of amides is 2. The number of ketones is 1. The number of nitrogens with one attached hydrogen (secondary N) is 2. The zero-order valence-corrected chi connectivity index (χ0v) is 14.0. The zero-order valence-electron chi connectivity index (χ0n) is 14.0. The molecule has 0 aromatic rings. The molecule has 0 radical (unpaired) electrons. The number of rotatable bonds is 15. The number of carbonyl (C=O) groups excluding carboxylic acids is 3. The average molecular weight is 332 g/mol. The Balaban J connectivity index is 3.34. The Bertz CT molecular complexity index is 349. The Morgan fingerprint density at radius 2 is 1.35 bits per heavy atom. The molecule has 134 valence electrons. The molecule has 8 heteroatoms. The second-order valence-corrected chi connectivity index (χ2v) is 4.64. The lowest BCUT2D eigenvalue weighted by atomic mass is 10.2. The topological polar surface area (TPSA) is 103 Å². The van der Waals surface area contributed by atoms with Crippen molar-refractivity contribution in [2.24, 2.45) is 0 Å². The molecule has 0 atom stereocenters. The number of hydrogen-bond donors (Lipinski definition) is 2. The van der Waals surface area contributed by atoms with Crippen LogP contribution in [0.5, 0.6) is 0 Å². The molecule has 0 aromatic heterocycles. The van der Waals surface area contributed by atoms with Crippen LogP contribution >= 0.6 is 0 Å². The van der Waals surface area contributed by atoms with E-state index in [4.69, 9.17) is 14.2 Å². The highest BCUT2D eigenvalue weighted by Crippen LogP contribution is 1.89. The third kappa shape index (κ3) is 15.2.